The van der Waals surface area contributed by atoms with Crippen LogP contribution in [0.2, 0.25) is 5.15 Å². The Balaban J connectivity index is 1.41. The maximum absolute atomic E-state index is 15.1. The van der Waals surface area contributed by atoms with Gasteiger partial charge in [0.1, 0.15) is 17.6 Å². The molecule has 0 amide bonds. The first-order valence-electron chi connectivity index (χ1n) is 11.9. The highest BCUT2D eigenvalue weighted by molar-refractivity contribution is 6.32. The van der Waals surface area contributed by atoms with Crippen molar-refractivity contribution in [1.29, 1.82) is 0 Å². The predicted molar refractivity (Wildman–Crippen MR) is 131 cm³/mol. The third-order valence-corrected chi connectivity index (χ3v) is 7.33. The van der Waals surface area contributed by atoms with Crippen molar-refractivity contribution in [3.8, 4) is 0 Å². The molecule has 0 aromatic carbocycles. The zero-order valence-electron chi connectivity index (χ0n) is 20.4. The van der Waals surface area contributed by atoms with Gasteiger partial charge in [-0.3, -0.25) is 4.90 Å². The third kappa shape index (κ3) is 5.09. The Morgan fingerprint density at radius 1 is 1.35 bits per heavy atom. The molecule has 0 bridgehead atoms. The molecule has 0 aliphatic carbocycles. The molecule has 0 saturated carbocycles. The summed E-state index contributed by atoms with van der Waals surface area (Å²) >= 11 is 6.59. The second-order valence-electron chi connectivity index (χ2n) is 9.34. The molecule has 14 heteroatoms. The van der Waals surface area contributed by atoms with Crippen molar-refractivity contribution in [3.05, 3.63) is 29.2 Å². The van der Waals surface area contributed by atoms with Crippen molar-refractivity contribution < 1.29 is 27.0 Å². The number of piperidine rings is 1. The number of fused-ring (bicyclic) bond motifs is 1. The van der Waals surface area contributed by atoms with Crippen LogP contribution in [0.5, 0.6) is 0 Å². The molecule has 0 radical (unpaired) electrons. The number of pyridine rings is 1. The number of nitrogens with zero attached hydrogens (tertiary/aromatic N) is 5. The minimum atomic E-state index is -4.56. The molecule has 2 aliphatic rings. The quantitative estimate of drug-likeness (QED) is 0.410. The summed E-state index contributed by atoms with van der Waals surface area (Å²) in [5.41, 5.74) is -0.0434. The second-order valence-corrected chi connectivity index (χ2v) is 9.70. The fraction of sp³-hybridized carbons (Fsp3) is 0.565. The van der Waals surface area contributed by atoms with Gasteiger partial charge in [0, 0.05) is 46.1 Å². The van der Waals surface area contributed by atoms with Gasteiger partial charge in [-0.1, -0.05) is 11.6 Å². The van der Waals surface area contributed by atoms with Crippen LogP contribution >= 0.6 is 11.6 Å². The topological polar surface area (TPSA) is 83.5 Å². The fourth-order valence-electron chi connectivity index (χ4n) is 4.81. The van der Waals surface area contributed by atoms with Crippen molar-refractivity contribution >= 4 is 39.8 Å². The van der Waals surface area contributed by atoms with Crippen LogP contribution in [0.1, 0.15) is 18.0 Å². The van der Waals surface area contributed by atoms with Gasteiger partial charge in [0.15, 0.2) is 5.15 Å². The zero-order valence-corrected chi connectivity index (χ0v) is 21.1. The number of likely N-dealkylation sites (tertiary alicyclic amines) is 1. The first-order valence-corrected chi connectivity index (χ1v) is 12.3. The van der Waals surface area contributed by atoms with Crippen LogP contribution in [-0.2, 0) is 15.7 Å². The molecule has 0 unspecified atom stereocenters. The van der Waals surface area contributed by atoms with E-state index in [0.717, 1.165) is 6.20 Å². The average molecular weight is 546 g/mol. The maximum Gasteiger partial charge on any atom is 0.418 e. The average Bonchev–Trinajstić information content (AvgIpc) is 3.40. The molecule has 2 fully saturated rings. The number of ether oxygens (including phenoxy) is 2. The number of likely N-dealkylation sites (N-methyl/N-ethyl adjacent to an activating group) is 1. The molecular formula is C23H28ClF4N7O2. The summed E-state index contributed by atoms with van der Waals surface area (Å²) in [4.78, 5) is 10.7. The maximum atomic E-state index is 15.1. The SMILES string of the molecule is COCCN(C)c1cc(Nc2cnn([C@H]3CCN(C4COC4)C[C@@H]3F)c2Cl)nc2[nH]cc(C(F)(F)F)c12. The lowest BCUT2D eigenvalue weighted by molar-refractivity contribution is -0.136. The number of alkyl halides is 4. The van der Waals surface area contributed by atoms with Gasteiger partial charge in [-0.05, 0) is 6.42 Å². The normalized spacial score (nSPS) is 21.4. The lowest BCUT2D eigenvalue weighted by atomic mass is 10.0. The van der Waals surface area contributed by atoms with Gasteiger partial charge in [0.25, 0.3) is 0 Å². The lowest BCUT2D eigenvalue weighted by Gasteiger charge is -2.42. The van der Waals surface area contributed by atoms with Crippen LogP contribution in [0.4, 0.5) is 34.8 Å². The number of aromatic nitrogens is 4. The number of hydrogen-bond donors (Lipinski definition) is 2. The molecule has 0 spiro atoms. The van der Waals surface area contributed by atoms with Gasteiger partial charge in [-0.25, -0.2) is 14.1 Å². The Labute approximate surface area is 215 Å². The smallest absolute Gasteiger partial charge is 0.383 e. The van der Waals surface area contributed by atoms with E-state index in [1.807, 2.05) is 0 Å². The van der Waals surface area contributed by atoms with Crippen LogP contribution in [0.25, 0.3) is 11.0 Å². The van der Waals surface area contributed by atoms with Crippen LogP contribution in [-0.4, -0.2) is 90.5 Å². The summed E-state index contributed by atoms with van der Waals surface area (Å²) in [6.45, 7) is 2.92. The number of anilines is 3. The van der Waals surface area contributed by atoms with Gasteiger partial charge in [0.2, 0.25) is 0 Å². The molecular weight excluding hydrogens is 518 g/mol. The Kier molecular flexibility index (Phi) is 7.22. The molecule has 2 N–H and O–H groups in total. The molecule has 3 aromatic rings. The second kappa shape index (κ2) is 10.3. The van der Waals surface area contributed by atoms with Crippen LogP contribution in [0.3, 0.4) is 0 Å². The Bertz CT molecular complexity index is 1250. The van der Waals surface area contributed by atoms with E-state index in [1.54, 1.807) is 11.9 Å². The van der Waals surface area contributed by atoms with Crippen molar-refractivity contribution in [2.24, 2.45) is 0 Å². The van der Waals surface area contributed by atoms with E-state index in [0.29, 0.717) is 50.7 Å². The highest BCUT2D eigenvalue weighted by Crippen LogP contribution is 2.40. The number of methoxy groups -OCH3 is 1. The molecule has 202 valence electrons. The molecule has 5 heterocycles. The van der Waals surface area contributed by atoms with E-state index in [1.165, 1.54) is 24.1 Å². The van der Waals surface area contributed by atoms with Gasteiger partial charge < -0.3 is 24.7 Å². The molecule has 5 rings (SSSR count). The lowest BCUT2D eigenvalue weighted by Crippen LogP contribution is -2.55. The summed E-state index contributed by atoms with van der Waals surface area (Å²) in [6, 6.07) is 1.25. The first kappa shape index (κ1) is 26.0. The number of halogens is 5. The van der Waals surface area contributed by atoms with E-state index in [-0.39, 0.29) is 34.6 Å². The van der Waals surface area contributed by atoms with Crippen LogP contribution < -0.4 is 10.2 Å². The Morgan fingerprint density at radius 2 is 2.14 bits per heavy atom. The van der Waals surface area contributed by atoms with E-state index in [9.17, 15) is 13.2 Å². The summed E-state index contributed by atoms with van der Waals surface area (Å²) in [6.07, 6.45) is -2.80. The summed E-state index contributed by atoms with van der Waals surface area (Å²) in [7, 11) is 3.20. The zero-order chi connectivity index (χ0) is 26.3. The van der Waals surface area contributed by atoms with Gasteiger partial charge >= 0.3 is 6.18 Å². The van der Waals surface area contributed by atoms with E-state index >= 15 is 4.39 Å². The molecule has 2 saturated heterocycles. The number of nitrogens with one attached hydrogen (secondary N) is 2. The van der Waals surface area contributed by atoms with Crippen molar-refractivity contribution in [2.75, 3.05) is 63.8 Å². The molecule has 3 aromatic heterocycles. The molecule has 37 heavy (non-hydrogen) atoms. The Morgan fingerprint density at radius 3 is 2.78 bits per heavy atom. The standard InChI is InChI=1S/C23H28ClF4N7O2/c1-33(5-6-36-2)18-7-19(32-22-20(18)14(8-29-22)23(26,27)28)31-16-9-30-35(21(16)24)17-3-4-34(10-15(17)25)13-11-37-12-13/h7-9,13,15,17H,3-6,10-12H2,1-2H3,(H2,29,31,32)/t15-,17-/m0/s1. The van der Waals surface area contributed by atoms with Crippen molar-refractivity contribution in [1.82, 2.24) is 24.6 Å². The highest BCUT2D eigenvalue weighted by Gasteiger charge is 2.38. The predicted octanol–water partition coefficient (Wildman–Crippen LogP) is 4.24. The van der Waals surface area contributed by atoms with Crippen molar-refractivity contribution in [2.45, 2.75) is 30.9 Å². The molecule has 2 aliphatic heterocycles. The molecule has 2 atom stereocenters. The number of H-pyrrole nitrogens is 1. The third-order valence-electron chi connectivity index (χ3n) is 6.96. The largest absolute Gasteiger partial charge is 0.418 e. The van der Waals surface area contributed by atoms with Gasteiger partial charge in [-0.2, -0.15) is 18.3 Å². The van der Waals surface area contributed by atoms with Gasteiger partial charge in [0.05, 0.1) is 60.4 Å². The first-order chi connectivity index (χ1) is 17.7. The highest BCUT2D eigenvalue weighted by atomic mass is 35.5. The van der Waals surface area contributed by atoms with E-state index in [4.69, 9.17) is 21.1 Å². The summed E-state index contributed by atoms with van der Waals surface area (Å²) in [5.74, 6) is 0.264. The van der Waals surface area contributed by atoms with Gasteiger partial charge in [-0.15, -0.1) is 0 Å². The number of rotatable bonds is 8. The van der Waals surface area contributed by atoms with Crippen molar-refractivity contribution in [3.63, 3.8) is 0 Å². The monoisotopic (exact) mass is 545 g/mol. The fourth-order valence-corrected chi connectivity index (χ4v) is 5.07. The number of hydrogen-bond acceptors (Lipinski definition) is 7. The van der Waals surface area contributed by atoms with Crippen LogP contribution in [0.15, 0.2) is 18.5 Å². The van der Waals surface area contributed by atoms with E-state index < -0.39 is 24.0 Å². The minimum Gasteiger partial charge on any atom is -0.383 e. The number of aromatic amines is 1. The summed E-state index contributed by atoms with van der Waals surface area (Å²) in [5, 5.41) is 7.52. The molecule has 9 nitrogen and oxygen atoms in total. The summed E-state index contributed by atoms with van der Waals surface area (Å²) < 4.78 is 67.9. The minimum absolute atomic E-state index is 0.0395. The Hall–Kier alpha value is -2.61. The van der Waals surface area contributed by atoms with E-state index in [2.05, 4.69) is 25.3 Å². The van der Waals surface area contributed by atoms with Crippen LogP contribution in [0, 0.1) is 0 Å².